The first kappa shape index (κ1) is 19.0. The van der Waals surface area contributed by atoms with Crippen LogP contribution >= 0.6 is 15.9 Å². The average Bonchev–Trinajstić information content (AvgIpc) is 3.35. The molecule has 0 amide bonds. The number of aliphatic imine (C=N–C) groups is 1. The van der Waals surface area contributed by atoms with Gasteiger partial charge in [0, 0.05) is 41.3 Å². The van der Waals surface area contributed by atoms with Crippen LogP contribution in [0.15, 0.2) is 33.7 Å². The quantitative estimate of drug-likeness (QED) is 0.557. The summed E-state index contributed by atoms with van der Waals surface area (Å²) in [6.07, 6.45) is 2.42. The summed E-state index contributed by atoms with van der Waals surface area (Å²) >= 11 is 3.71. The summed E-state index contributed by atoms with van der Waals surface area (Å²) < 4.78 is 3.12. The smallest absolute Gasteiger partial charge is 0.191 e. The zero-order valence-corrected chi connectivity index (χ0v) is 17.7. The molecule has 1 aliphatic carbocycles. The van der Waals surface area contributed by atoms with Crippen molar-refractivity contribution in [3.05, 3.63) is 51.3 Å². The van der Waals surface area contributed by atoms with Gasteiger partial charge < -0.3 is 10.6 Å². The van der Waals surface area contributed by atoms with Crippen LogP contribution in [0.4, 0.5) is 0 Å². The third-order valence-electron chi connectivity index (χ3n) is 5.29. The summed E-state index contributed by atoms with van der Waals surface area (Å²) in [5.41, 5.74) is 5.04. The van der Waals surface area contributed by atoms with E-state index in [9.17, 15) is 0 Å². The van der Waals surface area contributed by atoms with E-state index in [0.29, 0.717) is 6.54 Å². The van der Waals surface area contributed by atoms with Gasteiger partial charge in [0.1, 0.15) is 0 Å². The predicted octanol–water partition coefficient (Wildman–Crippen LogP) is 3.59. The van der Waals surface area contributed by atoms with Gasteiger partial charge in [0.15, 0.2) is 5.96 Å². The number of rotatable bonds is 6. The summed E-state index contributed by atoms with van der Waals surface area (Å²) in [7, 11) is 1.98. The Bertz CT molecular complexity index is 805. The summed E-state index contributed by atoms with van der Waals surface area (Å²) in [6, 6.07) is 8.54. The van der Waals surface area contributed by atoms with Crippen molar-refractivity contribution in [2.45, 2.75) is 45.6 Å². The van der Waals surface area contributed by atoms with Crippen LogP contribution < -0.4 is 10.6 Å². The molecule has 1 heterocycles. The molecule has 1 aliphatic rings. The first-order chi connectivity index (χ1) is 12.5. The van der Waals surface area contributed by atoms with Gasteiger partial charge in [-0.05, 0) is 45.2 Å². The van der Waals surface area contributed by atoms with Gasteiger partial charge in [0.05, 0.1) is 12.2 Å². The molecule has 0 atom stereocenters. The fourth-order valence-electron chi connectivity index (χ4n) is 3.38. The van der Waals surface area contributed by atoms with Crippen LogP contribution in [-0.4, -0.2) is 28.8 Å². The molecule has 2 aromatic rings. The largest absolute Gasteiger partial charge is 0.357 e. The molecule has 1 fully saturated rings. The average molecular weight is 418 g/mol. The minimum atomic E-state index is 0.219. The van der Waals surface area contributed by atoms with Crippen molar-refractivity contribution in [2.24, 2.45) is 12.0 Å². The molecular formula is C20H28BrN5. The van der Waals surface area contributed by atoms with E-state index in [1.165, 1.54) is 34.1 Å². The Kier molecular flexibility index (Phi) is 5.70. The highest BCUT2D eigenvalue weighted by atomic mass is 79.9. The molecule has 1 saturated carbocycles. The molecule has 0 bridgehead atoms. The van der Waals surface area contributed by atoms with E-state index >= 15 is 0 Å². The van der Waals surface area contributed by atoms with Crippen LogP contribution in [-0.2, 0) is 19.0 Å². The molecule has 0 radical (unpaired) electrons. The van der Waals surface area contributed by atoms with Gasteiger partial charge >= 0.3 is 0 Å². The van der Waals surface area contributed by atoms with Gasteiger partial charge in [0.25, 0.3) is 0 Å². The molecule has 0 spiro atoms. The van der Waals surface area contributed by atoms with E-state index in [2.05, 4.69) is 69.8 Å². The number of halogens is 1. The lowest BCUT2D eigenvalue weighted by molar-refractivity contribution is 0.643. The molecule has 0 unspecified atom stereocenters. The van der Waals surface area contributed by atoms with Gasteiger partial charge in [-0.15, -0.1) is 0 Å². The van der Waals surface area contributed by atoms with Crippen LogP contribution in [0.25, 0.3) is 0 Å². The van der Waals surface area contributed by atoms with E-state index in [1.54, 1.807) is 0 Å². The molecule has 6 heteroatoms. The number of guanidine groups is 1. The van der Waals surface area contributed by atoms with Gasteiger partial charge in [-0.3, -0.25) is 4.68 Å². The SMILES string of the molecule is CCNC(=NCc1c(C)nn(C)c1C)NCC1(c2ccccc2Br)CC1. The van der Waals surface area contributed by atoms with Crippen LogP contribution in [0.2, 0.25) is 0 Å². The Hall–Kier alpha value is -1.82. The second-order valence-electron chi connectivity index (χ2n) is 7.08. The van der Waals surface area contributed by atoms with Crippen LogP contribution in [0.1, 0.15) is 42.3 Å². The van der Waals surface area contributed by atoms with E-state index in [1.807, 2.05) is 18.7 Å². The number of nitrogens with zero attached hydrogens (tertiary/aromatic N) is 3. The van der Waals surface area contributed by atoms with Crippen LogP contribution in [0, 0.1) is 13.8 Å². The highest BCUT2D eigenvalue weighted by molar-refractivity contribution is 9.10. The van der Waals surface area contributed by atoms with E-state index in [0.717, 1.165) is 24.7 Å². The maximum atomic E-state index is 4.80. The van der Waals surface area contributed by atoms with Gasteiger partial charge in [0.2, 0.25) is 0 Å². The summed E-state index contributed by atoms with van der Waals surface area (Å²) in [5.74, 6) is 0.869. The van der Waals surface area contributed by atoms with Gasteiger partial charge in [-0.2, -0.15) is 5.10 Å². The Morgan fingerprint density at radius 3 is 2.58 bits per heavy atom. The van der Waals surface area contributed by atoms with Crippen molar-refractivity contribution < 1.29 is 0 Å². The Balaban J connectivity index is 1.70. The Morgan fingerprint density at radius 2 is 2.00 bits per heavy atom. The first-order valence-corrected chi connectivity index (χ1v) is 10.0. The minimum Gasteiger partial charge on any atom is -0.357 e. The summed E-state index contributed by atoms with van der Waals surface area (Å²) in [5, 5.41) is 11.4. The zero-order valence-electron chi connectivity index (χ0n) is 16.1. The lowest BCUT2D eigenvalue weighted by atomic mass is 9.96. The van der Waals surface area contributed by atoms with Crippen LogP contribution in [0.5, 0.6) is 0 Å². The monoisotopic (exact) mass is 417 g/mol. The van der Waals surface area contributed by atoms with E-state index in [4.69, 9.17) is 4.99 Å². The number of hydrogen-bond donors (Lipinski definition) is 2. The highest BCUT2D eigenvalue weighted by Crippen LogP contribution is 2.49. The third kappa shape index (κ3) is 3.95. The van der Waals surface area contributed by atoms with Crippen LogP contribution in [0.3, 0.4) is 0 Å². The second kappa shape index (κ2) is 7.82. The molecule has 1 aromatic carbocycles. The molecule has 0 saturated heterocycles. The van der Waals surface area contributed by atoms with Crippen molar-refractivity contribution in [2.75, 3.05) is 13.1 Å². The molecular weight excluding hydrogens is 390 g/mol. The maximum Gasteiger partial charge on any atom is 0.191 e. The molecule has 140 valence electrons. The standard InChI is InChI=1S/C20H28BrN5/c1-5-22-19(23-12-16-14(2)25-26(4)15(16)3)24-13-20(10-11-20)17-8-6-7-9-18(17)21/h6-9H,5,10-13H2,1-4H3,(H2,22,23,24). The van der Waals surface area contributed by atoms with Crippen molar-refractivity contribution in [1.82, 2.24) is 20.4 Å². The summed E-state index contributed by atoms with van der Waals surface area (Å²) in [6.45, 7) is 8.62. The van der Waals surface area contributed by atoms with Gasteiger partial charge in [-0.1, -0.05) is 34.1 Å². The molecule has 5 nitrogen and oxygen atoms in total. The molecule has 1 aromatic heterocycles. The fraction of sp³-hybridized carbons (Fsp3) is 0.500. The lowest BCUT2D eigenvalue weighted by Gasteiger charge is -2.20. The predicted molar refractivity (Wildman–Crippen MR) is 111 cm³/mol. The maximum absolute atomic E-state index is 4.80. The van der Waals surface area contributed by atoms with Crippen molar-refractivity contribution in [1.29, 1.82) is 0 Å². The Labute approximate surface area is 164 Å². The van der Waals surface area contributed by atoms with Gasteiger partial charge in [-0.25, -0.2) is 4.99 Å². The third-order valence-corrected chi connectivity index (χ3v) is 5.98. The van der Waals surface area contributed by atoms with E-state index < -0.39 is 0 Å². The van der Waals surface area contributed by atoms with Crippen molar-refractivity contribution in [3.63, 3.8) is 0 Å². The molecule has 26 heavy (non-hydrogen) atoms. The minimum absolute atomic E-state index is 0.219. The Morgan fingerprint density at radius 1 is 1.27 bits per heavy atom. The van der Waals surface area contributed by atoms with Crippen molar-refractivity contribution >= 4 is 21.9 Å². The highest BCUT2D eigenvalue weighted by Gasteiger charge is 2.45. The number of hydrogen-bond acceptors (Lipinski definition) is 2. The second-order valence-corrected chi connectivity index (χ2v) is 7.94. The fourth-order valence-corrected chi connectivity index (χ4v) is 4.09. The number of aromatic nitrogens is 2. The lowest BCUT2D eigenvalue weighted by Crippen LogP contribution is -2.41. The molecule has 0 aliphatic heterocycles. The topological polar surface area (TPSA) is 54.2 Å². The number of benzene rings is 1. The number of nitrogens with one attached hydrogen (secondary N) is 2. The van der Waals surface area contributed by atoms with Crippen molar-refractivity contribution in [3.8, 4) is 0 Å². The van der Waals surface area contributed by atoms with E-state index in [-0.39, 0.29) is 5.41 Å². The normalized spacial score (nSPS) is 15.8. The molecule has 2 N–H and O–H groups in total. The molecule has 3 rings (SSSR count). The first-order valence-electron chi connectivity index (χ1n) is 9.23. The summed E-state index contributed by atoms with van der Waals surface area (Å²) in [4.78, 5) is 4.80. The number of aryl methyl sites for hydroxylation is 2. The zero-order chi connectivity index (χ0) is 18.7.